The number of hydrogen-bond donors (Lipinski definition) is 4. The molecule has 0 atom stereocenters. The molecule has 1 saturated heterocycles. The summed E-state index contributed by atoms with van der Waals surface area (Å²) in [4.78, 5) is 44.5. The van der Waals surface area contributed by atoms with Crippen LogP contribution in [0.1, 0.15) is 10.4 Å². The molecule has 0 saturated carbocycles. The fourth-order valence-corrected chi connectivity index (χ4v) is 3.64. The van der Waals surface area contributed by atoms with Crippen molar-refractivity contribution in [2.24, 2.45) is 5.73 Å². The predicted octanol–water partition coefficient (Wildman–Crippen LogP) is 0.692. The van der Waals surface area contributed by atoms with Crippen molar-refractivity contribution in [3.8, 4) is 0 Å². The van der Waals surface area contributed by atoms with Gasteiger partial charge in [0, 0.05) is 26.2 Å². The highest BCUT2D eigenvalue weighted by atomic mass is 19.1. The van der Waals surface area contributed by atoms with Crippen LogP contribution in [0.2, 0.25) is 0 Å². The second kappa shape index (κ2) is 6.33. The maximum absolute atomic E-state index is 13.8. The van der Waals surface area contributed by atoms with E-state index >= 15 is 0 Å². The van der Waals surface area contributed by atoms with Gasteiger partial charge in [0.2, 0.25) is 5.95 Å². The summed E-state index contributed by atoms with van der Waals surface area (Å²) in [5.74, 6) is 0.0680. The average Bonchev–Trinajstić information content (AvgIpc) is 3.29. The smallest absolute Gasteiger partial charge is 0.325 e. The van der Waals surface area contributed by atoms with E-state index in [0.29, 0.717) is 54.3 Å². The minimum absolute atomic E-state index is 0.0548. The lowest BCUT2D eigenvalue weighted by Gasteiger charge is -2.35. The van der Waals surface area contributed by atoms with Crippen molar-refractivity contribution >= 4 is 39.9 Å². The van der Waals surface area contributed by atoms with Gasteiger partial charge in [-0.15, -0.1) is 0 Å². The van der Waals surface area contributed by atoms with Crippen LogP contribution in [0.15, 0.2) is 29.1 Å². The number of piperazine rings is 1. The van der Waals surface area contributed by atoms with Crippen LogP contribution in [0, 0.1) is 5.82 Å². The summed E-state index contributed by atoms with van der Waals surface area (Å²) >= 11 is 0. The first-order valence-electron chi connectivity index (χ1n) is 9.06. The first-order valence-corrected chi connectivity index (χ1v) is 9.06. The number of carbonyl (C=O) groups excluding carboxylic acids is 1. The van der Waals surface area contributed by atoms with Crippen LogP contribution >= 0.6 is 0 Å². The van der Waals surface area contributed by atoms with E-state index in [2.05, 4.69) is 29.8 Å². The number of anilines is 2. The highest BCUT2D eigenvalue weighted by Gasteiger charge is 2.22. The second-order valence-electron chi connectivity index (χ2n) is 6.89. The third kappa shape index (κ3) is 2.96. The molecule has 1 aliphatic heterocycles. The molecule has 0 unspecified atom stereocenters. The van der Waals surface area contributed by atoms with Gasteiger partial charge < -0.3 is 25.5 Å². The molecule has 1 aromatic carbocycles. The molecular formula is C18H17FN8O2. The van der Waals surface area contributed by atoms with E-state index in [1.165, 1.54) is 6.07 Å². The first kappa shape index (κ1) is 17.2. The fraction of sp³-hybridized carbons (Fsp3) is 0.222. The van der Waals surface area contributed by atoms with Gasteiger partial charge in [0.15, 0.2) is 5.65 Å². The number of fused-ring (bicyclic) bond motifs is 2. The van der Waals surface area contributed by atoms with Crippen molar-refractivity contribution in [3.05, 3.63) is 46.1 Å². The van der Waals surface area contributed by atoms with E-state index in [0.717, 1.165) is 11.9 Å². The van der Waals surface area contributed by atoms with Crippen LogP contribution in [0.5, 0.6) is 0 Å². The topological polar surface area (TPSA) is 140 Å². The third-order valence-corrected chi connectivity index (χ3v) is 5.07. The summed E-state index contributed by atoms with van der Waals surface area (Å²) in [7, 11) is 0. The van der Waals surface area contributed by atoms with Crippen molar-refractivity contribution in [2.75, 3.05) is 36.0 Å². The summed E-state index contributed by atoms with van der Waals surface area (Å²) in [6, 6.07) is 6.08. The number of benzene rings is 1. The standard InChI is InChI=1S/C18H17FN8O2/c19-9-7-10(15(20)28)14-12(8-9)21-17(24-14)27-5-3-26(4-6-27)13-2-1-11-16(23-13)25-18(29)22-11/h1-2,7-8H,3-6H2,(H2,20,28)(H,21,24)(H2,22,23,25,29). The molecule has 0 bridgehead atoms. The van der Waals surface area contributed by atoms with E-state index in [-0.39, 0.29) is 11.3 Å². The Balaban J connectivity index is 1.37. The Morgan fingerprint density at radius 3 is 2.52 bits per heavy atom. The highest BCUT2D eigenvalue weighted by Crippen LogP contribution is 2.24. The lowest BCUT2D eigenvalue weighted by Crippen LogP contribution is -2.47. The predicted molar refractivity (Wildman–Crippen MR) is 106 cm³/mol. The molecular weight excluding hydrogens is 379 g/mol. The number of carbonyl (C=O) groups is 1. The first-order chi connectivity index (χ1) is 14.0. The second-order valence-corrected chi connectivity index (χ2v) is 6.89. The van der Waals surface area contributed by atoms with E-state index in [4.69, 9.17) is 5.73 Å². The Morgan fingerprint density at radius 2 is 1.76 bits per heavy atom. The van der Waals surface area contributed by atoms with E-state index in [1.807, 2.05) is 17.0 Å². The molecule has 5 N–H and O–H groups in total. The van der Waals surface area contributed by atoms with Crippen molar-refractivity contribution < 1.29 is 9.18 Å². The molecule has 1 aliphatic rings. The number of nitrogens with one attached hydrogen (secondary N) is 3. The fourth-order valence-electron chi connectivity index (χ4n) is 3.64. The van der Waals surface area contributed by atoms with Gasteiger partial charge in [0.1, 0.15) is 17.2 Å². The van der Waals surface area contributed by atoms with Crippen molar-refractivity contribution in [3.63, 3.8) is 0 Å². The van der Waals surface area contributed by atoms with Crippen LogP contribution in [-0.4, -0.2) is 57.0 Å². The Hall–Kier alpha value is -3.89. The molecule has 11 heteroatoms. The molecule has 0 spiro atoms. The van der Waals surface area contributed by atoms with Gasteiger partial charge in [0.25, 0.3) is 5.91 Å². The van der Waals surface area contributed by atoms with E-state index in [9.17, 15) is 14.0 Å². The zero-order valence-corrected chi connectivity index (χ0v) is 15.2. The molecule has 4 aromatic rings. The minimum atomic E-state index is -0.721. The maximum atomic E-state index is 13.8. The number of pyridine rings is 1. The van der Waals surface area contributed by atoms with Gasteiger partial charge in [-0.3, -0.25) is 9.78 Å². The van der Waals surface area contributed by atoms with Crippen LogP contribution in [-0.2, 0) is 0 Å². The van der Waals surface area contributed by atoms with Gasteiger partial charge in [-0.25, -0.2) is 19.2 Å². The Bertz CT molecular complexity index is 1300. The zero-order valence-electron chi connectivity index (χ0n) is 15.2. The summed E-state index contributed by atoms with van der Waals surface area (Å²) in [5.41, 5.74) is 7.09. The number of nitrogens with two attached hydrogens (primary N) is 1. The Morgan fingerprint density at radius 1 is 1.00 bits per heavy atom. The lowest BCUT2D eigenvalue weighted by molar-refractivity contribution is 0.100. The number of primary amides is 1. The van der Waals surface area contributed by atoms with Gasteiger partial charge >= 0.3 is 5.69 Å². The Kier molecular flexibility index (Phi) is 3.76. The molecule has 1 fully saturated rings. The number of amides is 1. The van der Waals surface area contributed by atoms with Crippen LogP contribution in [0.3, 0.4) is 0 Å². The summed E-state index contributed by atoms with van der Waals surface area (Å²) in [6.07, 6.45) is 0. The quantitative estimate of drug-likeness (QED) is 0.402. The number of rotatable bonds is 3. The monoisotopic (exact) mass is 396 g/mol. The summed E-state index contributed by atoms with van der Waals surface area (Å²) < 4.78 is 13.8. The minimum Gasteiger partial charge on any atom is -0.366 e. The molecule has 5 rings (SSSR count). The van der Waals surface area contributed by atoms with E-state index < -0.39 is 11.7 Å². The largest absolute Gasteiger partial charge is 0.366 e. The molecule has 0 aliphatic carbocycles. The van der Waals surface area contributed by atoms with Gasteiger partial charge in [-0.1, -0.05) is 0 Å². The van der Waals surface area contributed by atoms with Crippen LogP contribution in [0.4, 0.5) is 16.2 Å². The van der Waals surface area contributed by atoms with Crippen LogP contribution < -0.4 is 21.2 Å². The van der Waals surface area contributed by atoms with Gasteiger partial charge in [-0.2, -0.15) is 0 Å². The van der Waals surface area contributed by atoms with E-state index in [1.54, 1.807) is 0 Å². The van der Waals surface area contributed by atoms with Crippen molar-refractivity contribution in [1.29, 1.82) is 0 Å². The average molecular weight is 396 g/mol. The number of aromatic nitrogens is 5. The summed E-state index contributed by atoms with van der Waals surface area (Å²) in [5, 5.41) is 0. The third-order valence-electron chi connectivity index (χ3n) is 5.07. The zero-order chi connectivity index (χ0) is 20.1. The van der Waals surface area contributed by atoms with Gasteiger partial charge in [0.05, 0.1) is 16.6 Å². The number of nitrogens with zero attached hydrogens (tertiary/aromatic N) is 4. The van der Waals surface area contributed by atoms with Gasteiger partial charge in [-0.05, 0) is 24.3 Å². The molecule has 0 radical (unpaired) electrons. The molecule has 10 nitrogen and oxygen atoms in total. The number of halogens is 1. The lowest BCUT2D eigenvalue weighted by atomic mass is 10.1. The molecule has 1 amide bonds. The molecule has 3 aromatic heterocycles. The number of hydrogen-bond acceptors (Lipinski definition) is 6. The van der Waals surface area contributed by atoms with Crippen LogP contribution in [0.25, 0.3) is 22.2 Å². The van der Waals surface area contributed by atoms with Crippen molar-refractivity contribution in [1.82, 2.24) is 24.9 Å². The molecule has 29 heavy (non-hydrogen) atoms. The molecule has 4 heterocycles. The summed E-state index contributed by atoms with van der Waals surface area (Å²) in [6.45, 7) is 2.66. The highest BCUT2D eigenvalue weighted by molar-refractivity contribution is 6.04. The normalized spacial score (nSPS) is 14.8. The maximum Gasteiger partial charge on any atom is 0.325 e. The number of imidazole rings is 2. The number of aromatic amines is 3. The van der Waals surface area contributed by atoms with Crippen molar-refractivity contribution in [2.45, 2.75) is 0 Å². The number of H-pyrrole nitrogens is 3. The molecule has 148 valence electrons. The SMILES string of the molecule is NC(=O)c1cc(F)cc2[nH]c(N3CCN(c4ccc5[nH]c(=O)[nH]c5n4)CC3)nc12. The Labute approximate surface area is 162 Å².